The van der Waals surface area contributed by atoms with E-state index in [1.165, 1.54) is 0 Å². The largest absolute Gasteiger partial charge is 0.484 e. The topological polar surface area (TPSA) is 119 Å². The van der Waals surface area contributed by atoms with Crippen molar-refractivity contribution in [1.29, 1.82) is 0 Å². The van der Waals surface area contributed by atoms with E-state index in [1.54, 1.807) is 7.05 Å². The molecule has 0 aliphatic heterocycles. The van der Waals surface area contributed by atoms with Gasteiger partial charge in [-0.25, -0.2) is 9.97 Å². The van der Waals surface area contributed by atoms with Gasteiger partial charge in [-0.1, -0.05) is 36.4 Å². The minimum absolute atomic E-state index is 0.0337. The van der Waals surface area contributed by atoms with Crippen molar-refractivity contribution in [3.8, 4) is 5.75 Å². The molecule has 2 bridgehead atoms. The van der Waals surface area contributed by atoms with Gasteiger partial charge in [0.2, 0.25) is 5.91 Å². The highest BCUT2D eigenvalue weighted by molar-refractivity contribution is 5.80. The first-order chi connectivity index (χ1) is 16.0. The highest BCUT2D eigenvalue weighted by atomic mass is 16.5. The summed E-state index contributed by atoms with van der Waals surface area (Å²) in [6.45, 7) is -0.0337. The standard InChI is InChI=1S/C25H27N5O3/c1-27-21(31)13-33-17-5-2-4-14(10-17)11-20-28-19-7-3-6-18(19)25(29-20)30-23-16-9-8-15(12-16)22(23)24(26)32/h2-6,8-10,15-16,22-23H,7,11-13H2,1H3,(H2,26,32)(H,27,31)(H,28,29,30). The third-order valence-electron chi connectivity index (χ3n) is 6.67. The third-order valence-corrected chi connectivity index (χ3v) is 6.67. The van der Waals surface area contributed by atoms with E-state index in [0.29, 0.717) is 18.0 Å². The van der Waals surface area contributed by atoms with Crippen molar-refractivity contribution in [2.24, 2.45) is 23.5 Å². The maximum atomic E-state index is 12.1. The Balaban J connectivity index is 1.38. The van der Waals surface area contributed by atoms with Crippen molar-refractivity contribution < 1.29 is 14.3 Å². The molecule has 1 saturated carbocycles. The number of rotatable bonds is 8. The maximum absolute atomic E-state index is 12.1. The Bertz CT molecular complexity index is 1160. The number of allylic oxidation sites excluding steroid dienone is 2. The molecule has 0 radical (unpaired) electrons. The molecule has 3 aliphatic carbocycles. The van der Waals surface area contributed by atoms with Crippen LogP contribution in [-0.2, 0) is 22.4 Å². The van der Waals surface area contributed by atoms with Crippen LogP contribution in [0.3, 0.4) is 0 Å². The summed E-state index contributed by atoms with van der Waals surface area (Å²) in [5.41, 5.74) is 8.69. The predicted molar refractivity (Wildman–Crippen MR) is 124 cm³/mol. The highest BCUT2D eigenvalue weighted by Crippen LogP contribution is 2.45. The molecule has 8 nitrogen and oxygen atoms in total. The van der Waals surface area contributed by atoms with Crippen LogP contribution in [0.2, 0.25) is 0 Å². The number of ether oxygens (including phenoxy) is 1. The number of carbonyl (C=O) groups excluding carboxylic acids is 2. The van der Waals surface area contributed by atoms with Gasteiger partial charge >= 0.3 is 0 Å². The van der Waals surface area contributed by atoms with Crippen molar-refractivity contribution in [1.82, 2.24) is 15.3 Å². The SMILES string of the molecule is CNC(=O)COc1cccc(Cc2nc3c(c(NC4C5C=CC(C5)C4C(N)=O)n2)C=CC3)c1. The van der Waals surface area contributed by atoms with Gasteiger partial charge in [0.1, 0.15) is 17.4 Å². The van der Waals surface area contributed by atoms with Crippen molar-refractivity contribution in [3.05, 3.63) is 65.1 Å². The Morgan fingerprint density at radius 1 is 1.21 bits per heavy atom. The van der Waals surface area contributed by atoms with E-state index in [9.17, 15) is 9.59 Å². The van der Waals surface area contributed by atoms with Crippen LogP contribution < -0.4 is 21.1 Å². The second-order valence-corrected chi connectivity index (χ2v) is 8.79. The molecule has 33 heavy (non-hydrogen) atoms. The van der Waals surface area contributed by atoms with Crippen molar-refractivity contribution in [2.75, 3.05) is 19.0 Å². The number of hydrogen-bond donors (Lipinski definition) is 3. The molecule has 170 valence electrons. The molecule has 2 aromatic rings. The van der Waals surface area contributed by atoms with Gasteiger partial charge in [0.05, 0.1) is 11.6 Å². The molecule has 0 saturated heterocycles. The van der Waals surface area contributed by atoms with Gasteiger partial charge in [0, 0.05) is 31.5 Å². The van der Waals surface area contributed by atoms with Crippen LogP contribution in [0.25, 0.3) is 6.08 Å². The highest BCUT2D eigenvalue weighted by Gasteiger charge is 2.47. The number of hydrogen-bond acceptors (Lipinski definition) is 6. The molecule has 1 fully saturated rings. The number of nitrogens with two attached hydrogens (primary N) is 1. The van der Waals surface area contributed by atoms with Crippen LogP contribution in [0.5, 0.6) is 5.75 Å². The minimum Gasteiger partial charge on any atom is -0.484 e. The second-order valence-electron chi connectivity index (χ2n) is 8.79. The fraction of sp³-hybridized carbons (Fsp3) is 0.360. The van der Waals surface area contributed by atoms with E-state index in [1.807, 2.05) is 30.3 Å². The summed E-state index contributed by atoms with van der Waals surface area (Å²) in [6, 6.07) is 7.54. The van der Waals surface area contributed by atoms with E-state index in [-0.39, 0.29) is 42.2 Å². The summed E-state index contributed by atoms with van der Waals surface area (Å²) in [4.78, 5) is 33.2. The zero-order chi connectivity index (χ0) is 22.9. The quantitative estimate of drug-likeness (QED) is 0.534. The van der Waals surface area contributed by atoms with Gasteiger partial charge in [-0.3, -0.25) is 9.59 Å². The number of nitrogens with one attached hydrogen (secondary N) is 2. The average Bonchev–Trinajstić information content (AvgIpc) is 3.54. The summed E-state index contributed by atoms with van der Waals surface area (Å²) in [7, 11) is 1.58. The number of primary amides is 1. The Kier molecular flexibility index (Phi) is 5.58. The first-order valence-electron chi connectivity index (χ1n) is 11.2. The summed E-state index contributed by atoms with van der Waals surface area (Å²) < 4.78 is 5.56. The molecular formula is C25H27N5O3. The van der Waals surface area contributed by atoms with Gasteiger partial charge in [-0.15, -0.1) is 0 Å². The molecule has 3 aliphatic rings. The monoisotopic (exact) mass is 445 g/mol. The molecule has 5 rings (SSSR count). The lowest BCUT2D eigenvalue weighted by Gasteiger charge is -2.28. The number of amides is 2. The summed E-state index contributed by atoms with van der Waals surface area (Å²) in [5, 5.41) is 6.10. The molecule has 8 heteroatoms. The van der Waals surface area contributed by atoms with E-state index in [4.69, 9.17) is 20.4 Å². The Morgan fingerprint density at radius 2 is 2.06 bits per heavy atom. The third kappa shape index (κ3) is 4.20. The molecule has 4 unspecified atom stereocenters. The number of likely N-dealkylation sites (N-methyl/N-ethyl adjacent to an activating group) is 1. The first kappa shape index (κ1) is 21.2. The predicted octanol–water partition coefficient (Wildman–Crippen LogP) is 1.85. The van der Waals surface area contributed by atoms with Crippen LogP contribution in [0.4, 0.5) is 5.82 Å². The van der Waals surface area contributed by atoms with Crippen LogP contribution in [-0.4, -0.2) is 41.5 Å². The molecule has 1 aromatic carbocycles. The lowest BCUT2D eigenvalue weighted by atomic mass is 9.88. The summed E-state index contributed by atoms with van der Waals surface area (Å²) in [5.74, 6) is 1.87. The minimum atomic E-state index is -0.264. The van der Waals surface area contributed by atoms with Gasteiger partial charge in [0.15, 0.2) is 6.61 Å². The van der Waals surface area contributed by atoms with Crippen LogP contribution in [0, 0.1) is 17.8 Å². The van der Waals surface area contributed by atoms with Crippen LogP contribution in [0.1, 0.15) is 29.1 Å². The second kappa shape index (κ2) is 8.69. The molecule has 4 N–H and O–H groups in total. The molecule has 4 atom stereocenters. The average molecular weight is 446 g/mol. The molecule has 2 amide bonds. The number of nitrogens with zero attached hydrogens (tertiary/aromatic N) is 2. The number of carbonyl (C=O) groups is 2. The molecule has 1 heterocycles. The Labute approximate surface area is 192 Å². The number of fused-ring (bicyclic) bond motifs is 3. The lowest BCUT2D eigenvalue weighted by Crippen LogP contribution is -2.41. The van der Waals surface area contributed by atoms with E-state index < -0.39 is 0 Å². The fourth-order valence-corrected chi connectivity index (χ4v) is 5.09. The van der Waals surface area contributed by atoms with Gasteiger partial charge < -0.3 is 21.1 Å². The molecule has 0 spiro atoms. The molecular weight excluding hydrogens is 418 g/mol. The van der Waals surface area contributed by atoms with Crippen LogP contribution >= 0.6 is 0 Å². The van der Waals surface area contributed by atoms with E-state index >= 15 is 0 Å². The zero-order valence-electron chi connectivity index (χ0n) is 18.5. The van der Waals surface area contributed by atoms with Crippen molar-refractivity contribution in [2.45, 2.75) is 25.3 Å². The van der Waals surface area contributed by atoms with Crippen LogP contribution in [0.15, 0.2) is 42.5 Å². The van der Waals surface area contributed by atoms with Crippen molar-refractivity contribution >= 4 is 23.7 Å². The maximum Gasteiger partial charge on any atom is 0.257 e. The zero-order valence-corrected chi connectivity index (χ0v) is 18.5. The van der Waals surface area contributed by atoms with Gasteiger partial charge in [-0.05, 0) is 36.0 Å². The first-order valence-corrected chi connectivity index (χ1v) is 11.2. The summed E-state index contributed by atoms with van der Waals surface area (Å²) >= 11 is 0. The smallest absolute Gasteiger partial charge is 0.257 e. The van der Waals surface area contributed by atoms with E-state index in [0.717, 1.165) is 35.5 Å². The van der Waals surface area contributed by atoms with Gasteiger partial charge in [0.25, 0.3) is 5.91 Å². The Morgan fingerprint density at radius 3 is 2.88 bits per heavy atom. The summed E-state index contributed by atoms with van der Waals surface area (Å²) in [6.07, 6.45) is 10.6. The van der Waals surface area contributed by atoms with Gasteiger partial charge in [-0.2, -0.15) is 0 Å². The Hall–Kier alpha value is -3.68. The number of benzene rings is 1. The normalized spacial score (nSPS) is 24.0. The lowest BCUT2D eigenvalue weighted by molar-refractivity contribution is -0.123. The van der Waals surface area contributed by atoms with E-state index in [2.05, 4.69) is 28.9 Å². The molecule has 1 aromatic heterocycles. The number of aromatic nitrogens is 2. The number of anilines is 1. The van der Waals surface area contributed by atoms with Crippen molar-refractivity contribution in [3.63, 3.8) is 0 Å². The fourth-order valence-electron chi connectivity index (χ4n) is 5.09.